The topological polar surface area (TPSA) is 68.8 Å². The normalized spacial score (nSPS) is 13.2. The Bertz CT molecular complexity index is 517. The summed E-state index contributed by atoms with van der Waals surface area (Å²) in [6.07, 6.45) is 0. The van der Waals surface area contributed by atoms with Crippen molar-refractivity contribution in [1.82, 2.24) is 10.6 Å². The SMILES string of the molecule is COCCNCC(=O)NCC(C)(C)c1ccc2c(c1)OCO2. The van der Waals surface area contributed by atoms with Crippen LogP contribution < -0.4 is 20.1 Å². The van der Waals surface area contributed by atoms with Crippen LogP contribution in [-0.4, -0.2) is 46.1 Å². The molecule has 6 heteroatoms. The summed E-state index contributed by atoms with van der Waals surface area (Å²) in [5.74, 6) is 1.51. The molecule has 0 fully saturated rings. The summed E-state index contributed by atoms with van der Waals surface area (Å²) < 4.78 is 15.6. The largest absolute Gasteiger partial charge is 0.454 e. The van der Waals surface area contributed by atoms with Crippen molar-refractivity contribution in [2.24, 2.45) is 0 Å². The average molecular weight is 308 g/mol. The smallest absolute Gasteiger partial charge is 0.233 e. The summed E-state index contributed by atoms with van der Waals surface area (Å²) in [4.78, 5) is 11.8. The zero-order valence-electron chi connectivity index (χ0n) is 13.4. The fourth-order valence-electron chi connectivity index (χ4n) is 2.18. The highest BCUT2D eigenvalue weighted by molar-refractivity contribution is 5.78. The van der Waals surface area contributed by atoms with Gasteiger partial charge in [-0.25, -0.2) is 0 Å². The molecule has 0 atom stereocenters. The minimum Gasteiger partial charge on any atom is -0.454 e. The first kappa shape index (κ1) is 16.6. The monoisotopic (exact) mass is 308 g/mol. The van der Waals surface area contributed by atoms with Crippen LogP contribution in [-0.2, 0) is 14.9 Å². The first-order valence-corrected chi connectivity index (χ1v) is 7.39. The molecule has 1 heterocycles. The van der Waals surface area contributed by atoms with Gasteiger partial charge in [0.2, 0.25) is 12.7 Å². The second-order valence-electron chi connectivity index (χ2n) is 5.90. The highest BCUT2D eigenvalue weighted by atomic mass is 16.7. The predicted octanol–water partition coefficient (Wildman–Crippen LogP) is 1.05. The number of carbonyl (C=O) groups excluding carboxylic acids is 1. The molecule has 0 saturated heterocycles. The summed E-state index contributed by atoms with van der Waals surface area (Å²) >= 11 is 0. The van der Waals surface area contributed by atoms with Crippen LogP contribution >= 0.6 is 0 Å². The van der Waals surface area contributed by atoms with Crippen molar-refractivity contribution in [2.45, 2.75) is 19.3 Å². The third-order valence-corrected chi connectivity index (χ3v) is 3.65. The summed E-state index contributed by atoms with van der Waals surface area (Å²) in [5, 5.41) is 5.97. The lowest BCUT2D eigenvalue weighted by atomic mass is 9.84. The lowest BCUT2D eigenvalue weighted by Crippen LogP contribution is -2.41. The van der Waals surface area contributed by atoms with Crippen LogP contribution in [0.5, 0.6) is 11.5 Å². The third kappa shape index (κ3) is 4.35. The Morgan fingerprint density at radius 1 is 1.32 bits per heavy atom. The lowest BCUT2D eigenvalue weighted by molar-refractivity contribution is -0.120. The molecule has 1 amide bonds. The number of nitrogens with one attached hydrogen (secondary N) is 2. The van der Waals surface area contributed by atoms with Gasteiger partial charge in [-0.2, -0.15) is 0 Å². The van der Waals surface area contributed by atoms with E-state index in [1.807, 2.05) is 18.2 Å². The third-order valence-electron chi connectivity index (χ3n) is 3.65. The molecule has 1 aromatic rings. The van der Waals surface area contributed by atoms with Gasteiger partial charge in [0.05, 0.1) is 13.2 Å². The first-order chi connectivity index (χ1) is 10.5. The molecule has 22 heavy (non-hydrogen) atoms. The maximum absolute atomic E-state index is 11.8. The molecule has 0 radical (unpaired) electrons. The van der Waals surface area contributed by atoms with Crippen molar-refractivity contribution >= 4 is 5.91 Å². The number of ether oxygens (including phenoxy) is 3. The van der Waals surface area contributed by atoms with Gasteiger partial charge < -0.3 is 24.8 Å². The molecule has 2 N–H and O–H groups in total. The molecule has 0 aromatic heterocycles. The second kappa shape index (κ2) is 7.47. The summed E-state index contributed by atoms with van der Waals surface area (Å²) in [5.41, 5.74) is 0.910. The number of benzene rings is 1. The van der Waals surface area contributed by atoms with Crippen molar-refractivity contribution in [3.05, 3.63) is 23.8 Å². The van der Waals surface area contributed by atoms with E-state index in [0.717, 1.165) is 17.1 Å². The predicted molar refractivity (Wildman–Crippen MR) is 83.3 cm³/mol. The van der Waals surface area contributed by atoms with Gasteiger partial charge in [0.1, 0.15) is 0 Å². The Balaban J connectivity index is 1.84. The zero-order valence-corrected chi connectivity index (χ0v) is 13.4. The minimum atomic E-state index is -0.191. The highest BCUT2D eigenvalue weighted by Gasteiger charge is 2.24. The summed E-state index contributed by atoms with van der Waals surface area (Å²) in [7, 11) is 1.63. The van der Waals surface area contributed by atoms with Crippen LogP contribution in [0, 0.1) is 0 Å². The number of hydrogen-bond acceptors (Lipinski definition) is 5. The van der Waals surface area contributed by atoms with E-state index < -0.39 is 0 Å². The fourth-order valence-corrected chi connectivity index (χ4v) is 2.18. The van der Waals surface area contributed by atoms with Crippen LogP contribution in [0.15, 0.2) is 18.2 Å². The number of carbonyl (C=O) groups is 1. The molecule has 1 aliphatic rings. The van der Waals surface area contributed by atoms with Crippen LogP contribution in [0.2, 0.25) is 0 Å². The molecule has 2 rings (SSSR count). The first-order valence-electron chi connectivity index (χ1n) is 7.39. The van der Waals surface area contributed by atoms with E-state index in [1.165, 1.54) is 0 Å². The number of amides is 1. The van der Waals surface area contributed by atoms with Crippen molar-refractivity contribution in [1.29, 1.82) is 0 Å². The van der Waals surface area contributed by atoms with E-state index in [4.69, 9.17) is 14.2 Å². The van der Waals surface area contributed by atoms with Gasteiger partial charge in [-0.05, 0) is 17.7 Å². The van der Waals surface area contributed by atoms with Crippen LogP contribution in [0.4, 0.5) is 0 Å². The Morgan fingerprint density at radius 3 is 2.86 bits per heavy atom. The second-order valence-corrected chi connectivity index (χ2v) is 5.90. The van der Waals surface area contributed by atoms with Crippen molar-refractivity contribution < 1.29 is 19.0 Å². The maximum atomic E-state index is 11.8. The Morgan fingerprint density at radius 2 is 2.09 bits per heavy atom. The van der Waals surface area contributed by atoms with Crippen molar-refractivity contribution in [3.8, 4) is 11.5 Å². The average Bonchev–Trinajstić information content (AvgIpc) is 2.97. The fraction of sp³-hybridized carbons (Fsp3) is 0.562. The number of hydrogen-bond donors (Lipinski definition) is 2. The zero-order chi connectivity index (χ0) is 16.0. The van der Waals surface area contributed by atoms with Crippen molar-refractivity contribution in [2.75, 3.05) is 40.1 Å². The molecular formula is C16H24N2O4. The van der Waals surface area contributed by atoms with Crippen LogP contribution in [0.1, 0.15) is 19.4 Å². The standard InChI is InChI=1S/C16H24N2O4/c1-16(2,10-18-15(19)9-17-6-7-20-3)12-4-5-13-14(8-12)22-11-21-13/h4-5,8,17H,6-7,9-11H2,1-3H3,(H,18,19). The van der Waals surface area contributed by atoms with Gasteiger partial charge in [-0.3, -0.25) is 4.79 Å². The van der Waals surface area contributed by atoms with Gasteiger partial charge in [0.25, 0.3) is 0 Å². The summed E-state index contributed by atoms with van der Waals surface area (Å²) in [6.45, 7) is 6.54. The molecule has 0 aliphatic carbocycles. The number of rotatable bonds is 8. The lowest BCUT2D eigenvalue weighted by Gasteiger charge is -2.26. The van der Waals surface area contributed by atoms with E-state index in [2.05, 4.69) is 24.5 Å². The van der Waals surface area contributed by atoms with Gasteiger partial charge >= 0.3 is 0 Å². The Kier molecular flexibility index (Phi) is 5.63. The number of methoxy groups -OCH3 is 1. The quantitative estimate of drug-likeness (QED) is 0.703. The Labute approximate surface area is 131 Å². The molecule has 1 aliphatic heterocycles. The molecule has 122 valence electrons. The Hall–Kier alpha value is -1.79. The van der Waals surface area contributed by atoms with E-state index in [9.17, 15) is 4.79 Å². The van der Waals surface area contributed by atoms with E-state index >= 15 is 0 Å². The van der Waals surface area contributed by atoms with E-state index in [0.29, 0.717) is 26.2 Å². The minimum absolute atomic E-state index is 0.0232. The van der Waals surface area contributed by atoms with Gasteiger partial charge in [0.15, 0.2) is 11.5 Å². The van der Waals surface area contributed by atoms with Gasteiger partial charge in [0, 0.05) is 25.6 Å². The van der Waals surface area contributed by atoms with Crippen molar-refractivity contribution in [3.63, 3.8) is 0 Å². The molecule has 0 spiro atoms. The molecule has 6 nitrogen and oxygen atoms in total. The van der Waals surface area contributed by atoms with Crippen LogP contribution in [0.25, 0.3) is 0 Å². The van der Waals surface area contributed by atoms with Crippen LogP contribution in [0.3, 0.4) is 0 Å². The molecule has 0 bridgehead atoms. The van der Waals surface area contributed by atoms with Gasteiger partial charge in [-0.1, -0.05) is 19.9 Å². The van der Waals surface area contributed by atoms with E-state index in [-0.39, 0.29) is 18.1 Å². The maximum Gasteiger partial charge on any atom is 0.233 e. The van der Waals surface area contributed by atoms with Gasteiger partial charge in [-0.15, -0.1) is 0 Å². The number of fused-ring (bicyclic) bond motifs is 1. The highest BCUT2D eigenvalue weighted by Crippen LogP contribution is 2.36. The molecular weight excluding hydrogens is 284 g/mol. The van der Waals surface area contributed by atoms with E-state index in [1.54, 1.807) is 7.11 Å². The molecule has 0 saturated carbocycles. The summed E-state index contributed by atoms with van der Waals surface area (Å²) in [6, 6.07) is 5.90. The molecule has 0 unspecified atom stereocenters. The molecule has 1 aromatic carbocycles.